The average molecular weight is 514 g/mol. The predicted molar refractivity (Wildman–Crippen MR) is 122 cm³/mol. The molecule has 2 heterocycles. The Hall–Kier alpha value is -1.27. The Morgan fingerprint density at radius 3 is 2.35 bits per heavy atom. The Morgan fingerprint density at radius 2 is 1.61 bits per heavy atom. The van der Waals surface area contributed by atoms with E-state index < -0.39 is 16.3 Å². The number of benzene rings is 2. The summed E-state index contributed by atoms with van der Waals surface area (Å²) in [5.74, 6) is 0.718. The van der Waals surface area contributed by atoms with Gasteiger partial charge in [-0.05, 0) is 35.0 Å². The van der Waals surface area contributed by atoms with Crippen LogP contribution in [0.4, 0.5) is 0 Å². The predicted octanol–water partition coefficient (Wildman–Crippen LogP) is 1.54. The van der Waals surface area contributed by atoms with Crippen LogP contribution in [0.25, 0.3) is 10.8 Å². The molecule has 4 rings (SSSR count). The van der Waals surface area contributed by atoms with Crippen molar-refractivity contribution in [3.63, 3.8) is 0 Å². The molecule has 0 spiro atoms. The summed E-state index contributed by atoms with van der Waals surface area (Å²) in [7, 11) is -3.43. The number of halogens is 1. The van der Waals surface area contributed by atoms with Crippen LogP contribution < -0.4 is 4.74 Å². The number of nitrogens with zero attached hydrogens (tertiary/aromatic N) is 3. The second-order valence-electron chi connectivity index (χ2n) is 7.84. The van der Waals surface area contributed by atoms with Crippen LogP contribution in [-0.4, -0.2) is 98.8 Å². The molecule has 2 aliphatic rings. The number of aliphatic hydroxyl groups is 1. The van der Waals surface area contributed by atoms with E-state index in [4.69, 9.17) is 9.47 Å². The normalized spacial score (nSPS) is 20.7. The van der Waals surface area contributed by atoms with E-state index in [0.717, 1.165) is 21.0 Å². The van der Waals surface area contributed by atoms with Gasteiger partial charge < -0.3 is 14.6 Å². The topological polar surface area (TPSA) is 82.6 Å². The molecule has 0 saturated carbocycles. The summed E-state index contributed by atoms with van der Waals surface area (Å²) in [4.78, 5) is 2.08. The number of rotatable bonds is 7. The number of fused-ring (bicyclic) bond motifs is 1. The van der Waals surface area contributed by atoms with Crippen LogP contribution >= 0.6 is 15.9 Å². The quantitative estimate of drug-likeness (QED) is 0.604. The molecule has 0 aromatic heterocycles. The van der Waals surface area contributed by atoms with Gasteiger partial charge in [-0.25, -0.2) is 0 Å². The van der Waals surface area contributed by atoms with E-state index in [-0.39, 0.29) is 6.61 Å². The summed E-state index contributed by atoms with van der Waals surface area (Å²) in [5, 5.41) is 12.6. The first kappa shape index (κ1) is 22.9. The van der Waals surface area contributed by atoms with Crippen LogP contribution in [0.5, 0.6) is 5.75 Å². The number of piperazine rings is 1. The molecule has 1 atom stereocenters. The third kappa shape index (κ3) is 5.75. The lowest BCUT2D eigenvalue weighted by Crippen LogP contribution is -2.55. The van der Waals surface area contributed by atoms with Crippen molar-refractivity contribution in [3.8, 4) is 5.75 Å². The average Bonchev–Trinajstić information content (AvgIpc) is 2.78. The number of ether oxygens (including phenoxy) is 2. The van der Waals surface area contributed by atoms with Gasteiger partial charge in [0.05, 0.1) is 13.2 Å². The number of β-amino-alcohol motifs (C(OH)–C–C–N with tert-alkyl or cyclic N) is 1. The molecule has 0 bridgehead atoms. The molecule has 2 fully saturated rings. The molecule has 1 N–H and O–H groups in total. The van der Waals surface area contributed by atoms with E-state index in [2.05, 4.69) is 20.8 Å². The number of aliphatic hydroxyl groups excluding tert-OH is 1. The highest BCUT2D eigenvalue weighted by atomic mass is 79.9. The first-order valence-electron chi connectivity index (χ1n) is 10.5. The smallest absolute Gasteiger partial charge is 0.282 e. The lowest BCUT2D eigenvalue weighted by Gasteiger charge is -2.38. The molecular formula is C21H28BrN3O5S. The lowest BCUT2D eigenvalue weighted by atomic mass is 10.1. The molecule has 0 unspecified atom stereocenters. The van der Waals surface area contributed by atoms with E-state index in [1.165, 1.54) is 8.61 Å². The van der Waals surface area contributed by atoms with Crippen molar-refractivity contribution in [3.05, 3.63) is 40.9 Å². The zero-order valence-electron chi connectivity index (χ0n) is 17.3. The summed E-state index contributed by atoms with van der Waals surface area (Å²) in [6.45, 7) is 4.37. The highest BCUT2D eigenvalue weighted by Gasteiger charge is 2.33. The maximum Gasteiger partial charge on any atom is 0.282 e. The fourth-order valence-electron chi connectivity index (χ4n) is 3.91. The highest BCUT2D eigenvalue weighted by molar-refractivity contribution is 9.10. The fourth-order valence-corrected chi connectivity index (χ4v) is 5.85. The van der Waals surface area contributed by atoms with Crippen molar-refractivity contribution in [2.45, 2.75) is 6.10 Å². The zero-order valence-corrected chi connectivity index (χ0v) is 19.7. The SMILES string of the molecule is O=S(=O)(N1CCOCC1)N1CCN(C[C@@H](O)COc2ccc3cc(Br)ccc3c2)CC1. The largest absolute Gasteiger partial charge is 0.491 e. The van der Waals surface area contributed by atoms with Gasteiger partial charge in [0.25, 0.3) is 10.2 Å². The van der Waals surface area contributed by atoms with Crippen LogP contribution in [0.15, 0.2) is 40.9 Å². The Morgan fingerprint density at radius 1 is 0.968 bits per heavy atom. The second kappa shape index (κ2) is 10.1. The third-order valence-corrected chi connectivity index (χ3v) is 8.17. The van der Waals surface area contributed by atoms with Crippen molar-refractivity contribution >= 4 is 36.9 Å². The van der Waals surface area contributed by atoms with Crippen LogP contribution in [-0.2, 0) is 14.9 Å². The molecule has 8 nitrogen and oxygen atoms in total. The van der Waals surface area contributed by atoms with Gasteiger partial charge in [0.2, 0.25) is 0 Å². The molecular weight excluding hydrogens is 486 g/mol. The summed E-state index contributed by atoms with van der Waals surface area (Å²) in [5.41, 5.74) is 0. The summed E-state index contributed by atoms with van der Waals surface area (Å²) in [6.07, 6.45) is -0.650. The first-order valence-corrected chi connectivity index (χ1v) is 12.7. The van der Waals surface area contributed by atoms with Crippen LogP contribution in [0.3, 0.4) is 0 Å². The molecule has 2 saturated heterocycles. The maximum atomic E-state index is 12.7. The summed E-state index contributed by atoms with van der Waals surface area (Å²) >= 11 is 3.47. The lowest BCUT2D eigenvalue weighted by molar-refractivity contribution is 0.0526. The van der Waals surface area contributed by atoms with E-state index >= 15 is 0 Å². The highest BCUT2D eigenvalue weighted by Crippen LogP contribution is 2.24. The Balaban J connectivity index is 1.24. The molecule has 170 valence electrons. The van der Waals surface area contributed by atoms with E-state index in [1.807, 2.05) is 36.4 Å². The standard InChI is InChI=1S/C21H28BrN3O5S/c22-19-3-1-18-14-21(4-2-17(18)13-19)30-16-20(26)15-23-5-7-24(8-6-23)31(27,28)25-9-11-29-12-10-25/h1-4,13-14,20,26H,5-12,15-16H2/t20-/m1/s1. The van der Waals surface area contributed by atoms with Crippen molar-refractivity contribution in [1.82, 2.24) is 13.5 Å². The van der Waals surface area contributed by atoms with Gasteiger partial charge >= 0.3 is 0 Å². The van der Waals surface area contributed by atoms with Gasteiger partial charge in [0.15, 0.2) is 0 Å². The maximum absolute atomic E-state index is 12.7. The van der Waals surface area contributed by atoms with Gasteiger partial charge in [-0.3, -0.25) is 4.90 Å². The van der Waals surface area contributed by atoms with Gasteiger partial charge in [-0.2, -0.15) is 17.0 Å². The number of hydrogen-bond donors (Lipinski definition) is 1. The molecule has 0 radical (unpaired) electrons. The monoisotopic (exact) mass is 513 g/mol. The molecule has 2 aliphatic heterocycles. The van der Waals surface area contributed by atoms with Crippen molar-refractivity contribution < 1.29 is 23.0 Å². The van der Waals surface area contributed by atoms with Gasteiger partial charge in [0.1, 0.15) is 18.5 Å². The van der Waals surface area contributed by atoms with Crippen LogP contribution in [0, 0.1) is 0 Å². The number of hydrogen-bond acceptors (Lipinski definition) is 6. The van der Waals surface area contributed by atoms with Gasteiger partial charge in [-0.15, -0.1) is 0 Å². The Kier molecular flexibility index (Phi) is 7.48. The minimum absolute atomic E-state index is 0.189. The van der Waals surface area contributed by atoms with E-state index in [9.17, 15) is 13.5 Å². The molecule has 31 heavy (non-hydrogen) atoms. The fraction of sp³-hybridized carbons (Fsp3) is 0.524. The Labute approximate surface area is 191 Å². The van der Waals surface area contributed by atoms with E-state index in [1.54, 1.807) is 0 Å². The minimum Gasteiger partial charge on any atom is -0.491 e. The second-order valence-corrected chi connectivity index (χ2v) is 10.7. The van der Waals surface area contributed by atoms with Gasteiger partial charge in [-0.1, -0.05) is 28.1 Å². The molecule has 2 aromatic carbocycles. The van der Waals surface area contributed by atoms with Crippen molar-refractivity contribution in [2.24, 2.45) is 0 Å². The summed E-state index contributed by atoms with van der Waals surface area (Å²) in [6, 6.07) is 11.9. The van der Waals surface area contributed by atoms with Crippen LogP contribution in [0.1, 0.15) is 0 Å². The molecule has 0 aliphatic carbocycles. The van der Waals surface area contributed by atoms with Crippen molar-refractivity contribution in [1.29, 1.82) is 0 Å². The third-order valence-electron chi connectivity index (χ3n) is 5.64. The summed E-state index contributed by atoms with van der Waals surface area (Å²) < 4.78 is 40.6. The van der Waals surface area contributed by atoms with Crippen molar-refractivity contribution in [2.75, 3.05) is 65.6 Å². The first-order chi connectivity index (χ1) is 14.9. The number of morpholine rings is 1. The van der Waals surface area contributed by atoms with Gasteiger partial charge in [0, 0.05) is 50.3 Å². The van der Waals surface area contributed by atoms with E-state index in [0.29, 0.717) is 59.0 Å². The zero-order chi connectivity index (χ0) is 21.8. The molecule has 10 heteroatoms. The van der Waals surface area contributed by atoms with Crippen LogP contribution in [0.2, 0.25) is 0 Å². The minimum atomic E-state index is -3.43. The molecule has 0 amide bonds. The Bertz CT molecular complexity index is 992. The molecule has 2 aromatic rings.